The Balaban J connectivity index is 1.64. The van der Waals surface area contributed by atoms with Crippen LogP contribution in [-0.4, -0.2) is 33.1 Å². The van der Waals surface area contributed by atoms with Crippen molar-refractivity contribution in [3.63, 3.8) is 0 Å². The van der Waals surface area contributed by atoms with Gasteiger partial charge < -0.3 is 9.47 Å². The first-order valence-corrected chi connectivity index (χ1v) is 11.7. The summed E-state index contributed by atoms with van der Waals surface area (Å²) in [6.07, 6.45) is 4.59. The van der Waals surface area contributed by atoms with Gasteiger partial charge >= 0.3 is 0 Å². The topological polar surface area (TPSA) is 78.6 Å². The van der Waals surface area contributed by atoms with Crippen LogP contribution < -0.4 is 10.3 Å². The number of hydrogen-bond donors (Lipinski definition) is 0. The molecule has 0 N–H and O–H groups in total. The number of pyridine rings is 1. The fourth-order valence-electron chi connectivity index (χ4n) is 4.45. The van der Waals surface area contributed by atoms with Gasteiger partial charge in [0.05, 0.1) is 18.9 Å². The molecule has 1 aliphatic rings. The Morgan fingerprint density at radius 3 is 2.80 bits per heavy atom. The van der Waals surface area contributed by atoms with E-state index in [-0.39, 0.29) is 28.2 Å². The Morgan fingerprint density at radius 2 is 2.03 bits per heavy atom. The van der Waals surface area contributed by atoms with Crippen LogP contribution in [0.2, 0.25) is 5.02 Å². The number of rotatable bonds is 4. The molecule has 5 rings (SSSR count). The van der Waals surface area contributed by atoms with Crippen LogP contribution in [0.25, 0.3) is 16.9 Å². The second-order valence-corrected chi connectivity index (χ2v) is 9.11. The normalized spacial score (nSPS) is 18.1. The Kier molecular flexibility index (Phi) is 6.25. The van der Waals surface area contributed by atoms with E-state index >= 15 is 0 Å². The first-order valence-electron chi connectivity index (χ1n) is 11.3. The molecule has 9 heteroatoms. The summed E-state index contributed by atoms with van der Waals surface area (Å²) < 4.78 is 27.8. The molecule has 4 aromatic rings. The van der Waals surface area contributed by atoms with Gasteiger partial charge in [0.1, 0.15) is 11.5 Å². The van der Waals surface area contributed by atoms with Crippen molar-refractivity contribution in [1.29, 1.82) is 0 Å². The number of hydrogen-bond acceptors (Lipinski definition) is 6. The molecule has 1 saturated heterocycles. The van der Waals surface area contributed by atoms with Crippen molar-refractivity contribution >= 4 is 17.2 Å². The highest BCUT2D eigenvalue weighted by molar-refractivity contribution is 6.30. The number of aryl methyl sites for hydroxylation is 1. The molecule has 0 spiro atoms. The van der Waals surface area contributed by atoms with E-state index in [1.54, 1.807) is 45.5 Å². The maximum atomic E-state index is 15.0. The third-order valence-electron chi connectivity index (χ3n) is 6.53. The maximum absolute atomic E-state index is 15.0. The number of halogens is 2. The second kappa shape index (κ2) is 9.36. The minimum atomic E-state index is -0.523. The molecule has 4 heterocycles. The SMILES string of the molecule is COc1cc([C@@H]2C[C@H](c3cn4c(=O)c(C)c(C)nc4c(-c4ccc(Cl)cc4F)n3)CCO2)ccn1. The van der Waals surface area contributed by atoms with Crippen LogP contribution in [0.4, 0.5) is 4.39 Å². The fourth-order valence-corrected chi connectivity index (χ4v) is 4.61. The van der Waals surface area contributed by atoms with Gasteiger partial charge in [-0.25, -0.2) is 19.3 Å². The second-order valence-electron chi connectivity index (χ2n) is 8.67. The molecule has 0 saturated carbocycles. The van der Waals surface area contributed by atoms with Crippen molar-refractivity contribution in [3.8, 4) is 17.1 Å². The standard InChI is InChI=1S/C26H24ClFN4O3/c1-14-15(2)30-25-24(19-5-4-18(27)12-20(19)28)31-21(13-32(25)26(14)33)16-7-9-35-22(10-16)17-6-8-29-23(11-17)34-3/h4-6,8,11-13,16,22H,7,9-10H2,1-3H3/t16-,22+/m1/s1. The van der Waals surface area contributed by atoms with E-state index < -0.39 is 5.82 Å². The van der Waals surface area contributed by atoms with E-state index in [0.717, 1.165) is 5.56 Å². The Hall–Kier alpha value is -3.36. The van der Waals surface area contributed by atoms with Crippen LogP contribution in [0.3, 0.4) is 0 Å². The van der Waals surface area contributed by atoms with E-state index in [2.05, 4.69) is 9.97 Å². The lowest BCUT2D eigenvalue weighted by Crippen LogP contribution is -2.24. The smallest absolute Gasteiger partial charge is 0.261 e. The van der Waals surface area contributed by atoms with Gasteiger partial charge in [-0.1, -0.05) is 11.6 Å². The summed E-state index contributed by atoms with van der Waals surface area (Å²) >= 11 is 5.98. The zero-order valence-electron chi connectivity index (χ0n) is 19.6. The summed E-state index contributed by atoms with van der Waals surface area (Å²) in [6.45, 7) is 4.02. The molecule has 0 aliphatic carbocycles. The van der Waals surface area contributed by atoms with Crippen LogP contribution in [0, 0.1) is 19.7 Å². The van der Waals surface area contributed by atoms with E-state index in [4.69, 9.17) is 26.1 Å². The molecule has 35 heavy (non-hydrogen) atoms. The summed E-state index contributed by atoms with van der Waals surface area (Å²) in [5.74, 6) is -0.0220. The van der Waals surface area contributed by atoms with Gasteiger partial charge in [-0.2, -0.15) is 0 Å². The molecule has 7 nitrogen and oxygen atoms in total. The van der Waals surface area contributed by atoms with Crippen molar-refractivity contribution in [2.75, 3.05) is 13.7 Å². The molecular formula is C26H24ClFN4O3. The van der Waals surface area contributed by atoms with Gasteiger partial charge in [0.25, 0.3) is 5.56 Å². The van der Waals surface area contributed by atoms with Crippen LogP contribution in [0.5, 0.6) is 5.88 Å². The monoisotopic (exact) mass is 494 g/mol. The van der Waals surface area contributed by atoms with Crippen LogP contribution in [0.15, 0.2) is 47.5 Å². The number of methoxy groups -OCH3 is 1. The quantitative estimate of drug-likeness (QED) is 0.388. The van der Waals surface area contributed by atoms with Crippen molar-refractivity contribution in [3.05, 3.63) is 86.4 Å². The van der Waals surface area contributed by atoms with Crippen LogP contribution >= 0.6 is 11.6 Å². The average Bonchev–Trinajstić information content (AvgIpc) is 2.87. The molecule has 0 amide bonds. The molecule has 180 valence electrons. The predicted molar refractivity (Wildman–Crippen MR) is 131 cm³/mol. The molecular weight excluding hydrogens is 471 g/mol. The third-order valence-corrected chi connectivity index (χ3v) is 6.76. The van der Waals surface area contributed by atoms with Gasteiger partial charge in [-0.3, -0.25) is 9.20 Å². The number of ether oxygens (including phenoxy) is 2. The summed E-state index contributed by atoms with van der Waals surface area (Å²) in [5.41, 5.74) is 3.42. The van der Waals surface area contributed by atoms with E-state index in [0.29, 0.717) is 53.6 Å². The van der Waals surface area contributed by atoms with E-state index in [1.807, 2.05) is 12.1 Å². The van der Waals surface area contributed by atoms with Gasteiger partial charge in [0.2, 0.25) is 5.88 Å². The zero-order valence-corrected chi connectivity index (χ0v) is 20.3. The van der Waals surface area contributed by atoms with Crippen molar-refractivity contribution in [2.45, 2.75) is 38.7 Å². The fraction of sp³-hybridized carbons (Fsp3) is 0.308. The Labute approximate surface area is 206 Å². The predicted octanol–water partition coefficient (Wildman–Crippen LogP) is 5.20. The zero-order chi connectivity index (χ0) is 24.7. The highest BCUT2D eigenvalue weighted by Crippen LogP contribution is 2.38. The van der Waals surface area contributed by atoms with Crippen molar-refractivity contribution < 1.29 is 13.9 Å². The van der Waals surface area contributed by atoms with Crippen LogP contribution in [0.1, 0.15) is 47.4 Å². The van der Waals surface area contributed by atoms with Gasteiger partial charge in [-0.15, -0.1) is 0 Å². The largest absolute Gasteiger partial charge is 0.481 e. The third kappa shape index (κ3) is 4.39. The van der Waals surface area contributed by atoms with Gasteiger partial charge in [0.15, 0.2) is 5.65 Å². The number of nitrogens with zero attached hydrogens (tertiary/aromatic N) is 4. The Morgan fingerprint density at radius 1 is 1.20 bits per heavy atom. The van der Waals surface area contributed by atoms with Crippen LogP contribution in [-0.2, 0) is 4.74 Å². The number of aromatic nitrogens is 4. The van der Waals surface area contributed by atoms with Crippen molar-refractivity contribution in [2.24, 2.45) is 0 Å². The highest BCUT2D eigenvalue weighted by Gasteiger charge is 2.28. The lowest BCUT2D eigenvalue weighted by atomic mass is 9.89. The van der Waals surface area contributed by atoms with E-state index in [1.165, 1.54) is 10.5 Å². The van der Waals surface area contributed by atoms with E-state index in [9.17, 15) is 9.18 Å². The minimum Gasteiger partial charge on any atom is -0.481 e. The number of fused-ring (bicyclic) bond motifs is 1. The molecule has 1 aliphatic heterocycles. The first-order chi connectivity index (χ1) is 16.9. The summed E-state index contributed by atoms with van der Waals surface area (Å²) in [4.78, 5) is 26.8. The molecule has 0 radical (unpaired) electrons. The summed E-state index contributed by atoms with van der Waals surface area (Å²) in [7, 11) is 1.57. The highest BCUT2D eigenvalue weighted by atomic mass is 35.5. The molecule has 2 atom stereocenters. The molecule has 0 unspecified atom stereocenters. The lowest BCUT2D eigenvalue weighted by molar-refractivity contribution is 0.00442. The lowest BCUT2D eigenvalue weighted by Gasteiger charge is -2.30. The van der Waals surface area contributed by atoms with Gasteiger partial charge in [-0.05, 0) is 56.5 Å². The molecule has 1 aromatic carbocycles. The summed E-state index contributed by atoms with van der Waals surface area (Å²) in [6, 6.07) is 8.17. The Bertz CT molecular complexity index is 1490. The minimum absolute atomic E-state index is 0.0140. The van der Waals surface area contributed by atoms with Gasteiger partial charge in [0, 0.05) is 52.8 Å². The summed E-state index contributed by atoms with van der Waals surface area (Å²) in [5, 5.41) is 0.281. The molecule has 0 bridgehead atoms. The van der Waals surface area contributed by atoms with Crippen molar-refractivity contribution in [1.82, 2.24) is 19.4 Å². The maximum Gasteiger partial charge on any atom is 0.261 e. The molecule has 3 aromatic heterocycles. The number of benzene rings is 1. The first kappa shape index (κ1) is 23.4. The average molecular weight is 495 g/mol. The molecule has 1 fully saturated rings.